The number of rotatable bonds is 6. The van der Waals surface area contributed by atoms with Crippen LogP contribution >= 0.6 is 12.6 Å². The van der Waals surface area contributed by atoms with Crippen molar-refractivity contribution in [3.63, 3.8) is 0 Å². The van der Waals surface area contributed by atoms with Crippen molar-refractivity contribution in [1.29, 1.82) is 0 Å². The number of esters is 1. The zero-order chi connectivity index (χ0) is 14.1. The molecule has 0 fully saturated rings. The van der Waals surface area contributed by atoms with Crippen LogP contribution in [-0.4, -0.2) is 30.3 Å². The number of amides is 1. The summed E-state index contributed by atoms with van der Waals surface area (Å²) < 4.78 is 4.83. The molecule has 1 aromatic rings. The second kappa shape index (κ2) is 8.37. The standard InChI is InChI=1S/C14H17NO3S/c1-2-18-14(17)12(10-19)15-13(16)9-8-11-6-4-3-5-7-11/h3-9,12,19H,2,10H2,1H3,(H,15,16)/b9-8+. The molecule has 0 radical (unpaired) electrons. The maximum atomic E-state index is 11.7. The molecule has 0 aliphatic rings. The Kier molecular flexibility index (Phi) is 6.74. The van der Waals surface area contributed by atoms with Crippen molar-refractivity contribution < 1.29 is 14.3 Å². The van der Waals surface area contributed by atoms with Gasteiger partial charge in [0.05, 0.1) is 6.61 Å². The molecule has 0 saturated heterocycles. The van der Waals surface area contributed by atoms with Crippen molar-refractivity contribution in [1.82, 2.24) is 5.32 Å². The van der Waals surface area contributed by atoms with E-state index in [1.165, 1.54) is 6.08 Å². The molecule has 0 heterocycles. The third-order valence-corrected chi connectivity index (χ3v) is 2.66. The Morgan fingerprint density at radius 3 is 2.63 bits per heavy atom. The number of carbonyl (C=O) groups excluding carboxylic acids is 2. The van der Waals surface area contributed by atoms with Gasteiger partial charge < -0.3 is 10.1 Å². The molecular weight excluding hydrogens is 262 g/mol. The zero-order valence-electron chi connectivity index (χ0n) is 10.7. The van der Waals surface area contributed by atoms with Gasteiger partial charge in [0.15, 0.2) is 0 Å². The van der Waals surface area contributed by atoms with E-state index in [0.29, 0.717) is 0 Å². The van der Waals surface area contributed by atoms with Crippen LogP contribution < -0.4 is 5.32 Å². The number of ether oxygens (including phenoxy) is 1. The van der Waals surface area contributed by atoms with Gasteiger partial charge in [0, 0.05) is 11.8 Å². The molecule has 1 N–H and O–H groups in total. The Morgan fingerprint density at radius 2 is 2.05 bits per heavy atom. The molecule has 0 aliphatic carbocycles. The number of hydrogen-bond acceptors (Lipinski definition) is 4. The summed E-state index contributed by atoms with van der Waals surface area (Å²) in [4.78, 5) is 23.1. The van der Waals surface area contributed by atoms with Gasteiger partial charge in [0.25, 0.3) is 0 Å². The van der Waals surface area contributed by atoms with Gasteiger partial charge in [0.1, 0.15) is 6.04 Å². The first-order chi connectivity index (χ1) is 9.17. The van der Waals surface area contributed by atoms with Crippen molar-refractivity contribution >= 4 is 30.6 Å². The van der Waals surface area contributed by atoms with E-state index in [4.69, 9.17) is 4.74 Å². The predicted octanol–water partition coefficient (Wildman–Crippen LogP) is 1.68. The number of benzene rings is 1. The fourth-order valence-electron chi connectivity index (χ4n) is 1.38. The van der Waals surface area contributed by atoms with Crippen LogP contribution in [0.5, 0.6) is 0 Å². The maximum Gasteiger partial charge on any atom is 0.329 e. The van der Waals surface area contributed by atoms with Crippen molar-refractivity contribution in [3.8, 4) is 0 Å². The molecule has 1 unspecified atom stereocenters. The summed E-state index contributed by atoms with van der Waals surface area (Å²) in [6, 6.07) is 8.70. The molecule has 19 heavy (non-hydrogen) atoms. The fraction of sp³-hybridized carbons (Fsp3) is 0.286. The largest absolute Gasteiger partial charge is 0.464 e. The van der Waals surface area contributed by atoms with Crippen LogP contribution in [0, 0.1) is 0 Å². The Bertz CT molecular complexity index is 445. The minimum absolute atomic E-state index is 0.198. The number of hydrogen-bond donors (Lipinski definition) is 2. The molecule has 4 nitrogen and oxygen atoms in total. The molecule has 1 amide bonds. The van der Waals surface area contributed by atoms with Gasteiger partial charge >= 0.3 is 5.97 Å². The molecule has 5 heteroatoms. The van der Waals surface area contributed by atoms with Gasteiger partial charge in [-0.3, -0.25) is 4.79 Å². The average Bonchev–Trinajstić information content (AvgIpc) is 2.44. The molecule has 0 spiro atoms. The molecule has 0 bridgehead atoms. The quantitative estimate of drug-likeness (QED) is 0.473. The van der Waals surface area contributed by atoms with Crippen molar-refractivity contribution in [2.24, 2.45) is 0 Å². The van der Waals surface area contributed by atoms with Gasteiger partial charge in [-0.05, 0) is 18.6 Å². The van der Waals surface area contributed by atoms with Crippen molar-refractivity contribution in [2.75, 3.05) is 12.4 Å². The molecule has 0 aromatic heterocycles. The second-order valence-corrected chi connectivity index (χ2v) is 4.10. The molecule has 102 valence electrons. The molecule has 1 atom stereocenters. The highest BCUT2D eigenvalue weighted by Gasteiger charge is 2.19. The number of nitrogens with one attached hydrogen (secondary N) is 1. The first kappa shape index (κ1) is 15.3. The summed E-state index contributed by atoms with van der Waals surface area (Å²) >= 11 is 4.02. The zero-order valence-corrected chi connectivity index (χ0v) is 11.6. The molecular formula is C14H17NO3S. The highest BCUT2D eigenvalue weighted by atomic mass is 32.1. The van der Waals surface area contributed by atoms with E-state index in [1.54, 1.807) is 13.0 Å². The summed E-state index contributed by atoms with van der Waals surface area (Å²) in [5.74, 6) is -0.626. The summed E-state index contributed by atoms with van der Waals surface area (Å²) in [6.45, 7) is 1.99. The van der Waals surface area contributed by atoms with E-state index in [0.717, 1.165) is 5.56 Å². The van der Waals surface area contributed by atoms with Gasteiger partial charge in [-0.15, -0.1) is 0 Å². The Balaban J connectivity index is 2.54. The predicted molar refractivity (Wildman–Crippen MR) is 77.9 cm³/mol. The third kappa shape index (κ3) is 5.61. The maximum absolute atomic E-state index is 11.7. The summed E-state index contributed by atoms with van der Waals surface area (Å²) in [7, 11) is 0. The molecule has 1 aromatic carbocycles. The smallest absolute Gasteiger partial charge is 0.329 e. The van der Waals surface area contributed by atoms with E-state index in [9.17, 15) is 9.59 Å². The summed E-state index contributed by atoms with van der Waals surface area (Å²) in [5.41, 5.74) is 0.913. The molecule has 0 aliphatic heterocycles. The molecule has 1 rings (SSSR count). The Hall–Kier alpha value is -1.75. The first-order valence-electron chi connectivity index (χ1n) is 5.98. The van der Waals surface area contributed by atoms with Gasteiger partial charge in [0.2, 0.25) is 5.91 Å². The van der Waals surface area contributed by atoms with Crippen LogP contribution in [0.15, 0.2) is 36.4 Å². The van der Waals surface area contributed by atoms with Crippen LogP contribution in [0.4, 0.5) is 0 Å². The van der Waals surface area contributed by atoms with Crippen molar-refractivity contribution in [3.05, 3.63) is 42.0 Å². The van der Waals surface area contributed by atoms with Crippen LogP contribution in [0.1, 0.15) is 12.5 Å². The lowest BCUT2D eigenvalue weighted by Gasteiger charge is -2.13. The van der Waals surface area contributed by atoms with Gasteiger partial charge in [-0.2, -0.15) is 12.6 Å². The molecule has 0 saturated carbocycles. The van der Waals surface area contributed by atoms with E-state index >= 15 is 0 Å². The third-order valence-electron chi connectivity index (χ3n) is 2.30. The van der Waals surface area contributed by atoms with Gasteiger partial charge in [-0.25, -0.2) is 4.79 Å². The SMILES string of the molecule is CCOC(=O)C(CS)NC(=O)/C=C/c1ccccc1. The lowest BCUT2D eigenvalue weighted by atomic mass is 10.2. The Morgan fingerprint density at radius 1 is 1.37 bits per heavy atom. The monoisotopic (exact) mass is 279 g/mol. The minimum Gasteiger partial charge on any atom is -0.464 e. The van der Waals surface area contributed by atoms with Gasteiger partial charge in [-0.1, -0.05) is 30.3 Å². The summed E-state index contributed by atoms with van der Waals surface area (Å²) in [6.07, 6.45) is 3.06. The van der Waals surface area contributed by atoms with Crippen LogP contribution in [0.3, 0.4) is 0 Å². The van der Waals surface area contributed by atoms with E-state index < -0.39 is 12.0 Å². The number of carbonyl (C=O) groups is 2. The number of thiol groups is 1. The second-order valence-electron chi connectivity index (χ2n) is 3.74. The van der Waals surface area contributed by atoms with E-state index in [2.05, 4.69) is 17.9 Å². The van der Waals surface area contributed by atoms with Crippen LogP contribution in [0.2, 0.25) is 0 Å². The lowest BCUT2D eigenvalue weighted by molar-refractivity contribution is -0.146. The first-order valence-corrected chi connectivity index (χ1v) is 6.61. The van der Waals surface area contributed by atoms with Crippen molar-refractivity contribution in [2.45, 2.75) is 13.0 Å². The van der Waals surface area contributed by atoms with E-state index in [1.807, 2.05) is 30.3 Å². The minimum atomic E-state index is -0.726. The fourth-order valence-corrected chi connectivity index (χ4v) is 1.62. The average molecular weight is 279 g/mol. The lowest BCUT2D eigenvalue weighted by Crippen LogP contribution is -2.42. The topological polar surface area (TPSA) is 55.4 Å². The normalized spacial score (nSPS) is 12.1. The highest BCUT2D eigenvalue weighted by Crippen LogP contribution is 2.01. The van der Waals surface area contributed by atoms with E-state index in [-0.39, 0.29) is 18.3 Å². The van der Waals surface area contributed by atoms with Crippen LogP contribution in [0.25, 0.3) is 6.08 Å². The Labute approximate surface area is 118 Å². The van der Waals surface area contributed by atoms with Crippen LogP contribution in [-0.2, 0) is 14.3 Å². The highest BCUT2D eigenvalue weighted by molar-refractivity contribution is 7.80. The summed E-state index contributed by atoms with van der Waals surface area (Å²) in [5, 5.41) is 2.54.